The van der Waals surface area contributed by atoms with E-state index >= 15 is 0 Å². The lowest BCUT2D eigenvalue weighted by atomic mass is 10.1. The van der Waals surface area contributed by atoms with E-state index in [1.807, 2.05) is 42.5 Å². The van der Waals surface area contributed by atoms with E-state index in [1.54, 1.807) is 17.8 Å². The van der Waals surface area contributed by atoms with Crippen LogP contribution in [0.1, 0.15) is 17.5 Å². The van der Waals surface area contributed by atoms with Crippen LogP contribution in [0.3, 0.4) is 0 Å². The van der Waals surface area contributed by atoms with E-state index in [4.69, 9.17) is 0 Å². The number of nitrogens with one attached hydrogen (secondary N) is 2. The fourth-order valence-electron chi connectivity index (χ4n) is 3.34. The highest BCUT2D eigenvalue weighted by atomic mass is 79.9. The molecule has 2 aromatic heterocycles. The number of aryl methyl sites for hydroxylation is 3. The summed E-state index contributed by atoms with van der Waals surface area (Å²) in [4.78, 5) is 31.4. The van der Waals surface area contributed by atoms with Crippen LogP contribution >= 0.6 is 15.9 Å². The maximum atomic E-state index is 12.5. The zero-order chi connectivity index (χ0) is 21.8. The van der Waals surface area contributed by atoms with Crippen molar-refractivity contribution in [3.05, 3.63) is 91.0 Å². The first kappa shape index (κ1) is 20.8. The van der Waals surface area contributed by atoms with Crippen molar-refractivity contribution >= 4 is 39.3 Å². The molecule has 4 rings (SSSR count). The zero-order valence-corrected chi connectivity index (χ0v) is 18.5. The molecule has 2 N–H and O–H groups in total. The molecular weight excluding hydrogens is 460 g/mol. The molecule has 2 aromatic carbocycles. The predicted molar refractivity (Wildman–Crippen MR) is 126 cm³/mol. The lowest BCUT2D eigenvalue weighted by Gasteiger charge is -2.08. The van der Waals surface area contributed by atoms with Crippen molar-refractivity contribution in [3.8, 4) is 0 Å². The molecule has 0 radical (unpaired) electrons. The molecule has 0 aliphatic heterocycles. The standard InChI is InChI=1S/C22H21BrN6O2/c1-28-19-18(20(30)26-22(28)31)29(13-5-8-15-6-3-2-4-7-15)21(25-19)27-24-14-16-9-11-17(23)12-10-16/h2-4,6-7,9-12,14H,5,8,13H2,1H3,(H,25,27)(H,26,30,31)/b24-14-. The molecule has 2 heterocycles. The monoisotopic (exact) mass is 480 g/mol. The van der Waals surface area contributed by atoms with E-state index in [-0.39, 0.29) is 0 Å². The van der Waals surface area contributed by atoms with Crippen LogP contribution in [0.5, 0.6) is 0 Å². The first-order chi connectivity index (χ1) is 15.0. The summed E-state index contributed by atoms with van der Waals surface area (Å²) in [6.07, 6.45) is 3.32. The van der Waals surface area contributed by atoms with Crippen LogP contribution in [0.25, 0.3) is 11.2 Å². The summed E-state index contributed by atoms with van der Waals surface area (Å²) >= 11 is 3.41. The Hall–Kier alpha value is -3.46. The third-order valence-electron chi connectivity index (χ3n) is 4.95. The molecule has 0 amide bonds. The van der Waals surface area contributed by atoms with E-state index in [0.29, 0.717) is 23.7 Å². The summed E-state index contributed by atoms with van der Waals surface area (Å²) < 4.78 is 4.08. The minimum absolute atomic E-state index is 0.315. The van der Waals surface area contributed by atoms with E-state index in [9.17, 15) is 9.59 Å². The highest BCUT2D eigenvalue weighted by Crippen LogP contribution is 2.17. The van der Waals surface area contributed by atoms with Crippen LogP contribution in [0, 0.1) is 0 Å². The zero-order valence-electron chi connectivity index (χ0n) is 16.9. The number of nitrogens with zero attached hydrogens (tertiary/aromatic N) is 4. The van der Waals surface area contributed by atoms with E-state index in [0.717, 1.165) is 22.9 Å². The summed E-state index contributed by atoms with van der Waals surface area (Å²) in [5.41, 5.74) is 4.75. The maximum absolute atomic E-state index is 12.5. The number of hydrazone groups is 1. The number of halogens is 1. The highest BCUT2D eigenvalue weighted by Gasteiger charge is 2.17. The number of H-pyrrole nitrogens is 1. The average molecular weight is 481 g/mol. The van der Waals surface area contributed by atoms with Gasteiger partial charge < -0.3 is 4.57 Å². The first-order valence-corrected chi connectivity index (χ1v) is 10.6. The molecule has 0 atom stereocenters. The highest BCUT2D eigenvalue weighted by molar-refractivity contribution is 9.10. The Morgan fingerprint density at radius 2 is 1.87 bits per heavy atom. The van der Waals surface area contributed by atoms with Gasteiger partial charge in [-0.2, -0.15) is 10.1 Å². The molecule has 4 aromatic rings. The fraction of sp³-hybridized carbons (Fsp3) is 0.182. The molecule has 8 nitrogen and oxygen atoms in total. The van der Waals surface area contributed by atoms with Crippen LogP contribution in [0.4, 0.5) is 5.95 Å². The summed E-state index contributed by atoms with van der Waals surface area (Å²) in [7, 11) is 1.58. The fourth-order valence-corrected chi connectivity index (χ4v) is 3.60. The molecule has 0 aliphatic carbocycles. The van der Waals surface area contributed by atoms with Crippen LogP contribution < -0.4 is 16.7 Å². The minimum Gasteiger partial charge on any atom is -0.303 e. The van der Waals surface area contributed by atoms with Crippen molar-refractivity contribution in [3.63, 3.8) is 0 Å². The van der Waals surface area contributed by atoms with Crippen molar-refractivity contribution in [1.82, 2.24) is 19.1 Å². The molecule has 0 saturated heterocycles. The van der Waals surface area contributed by atoms with E-state index < -0.39 is 11.2 Å². The van der Waals surface area contributed by atoms with Crippen LogP contribution in [0.2, 0.25) is 0 Å². The number of anilines is 1. The Kier molecular flexibility index (Phi) is 6.13. The molecule has 0 saturated carbocycles. The van der Waals surface area contributed by atoms with Crippen LogP contribution in [-0.4, -0.2) is 25.3 Å². The largest absolute Gasteiger partial charge is 0.329 e. The van der Waals surface area contributed by atoms with Crippen molar-refractivity contribution in [2.24, 2.45) is 12.1 Å². The molecule has 9 heteroatoms. The van der Waals surface area contributed by atoms with Gasteiger partial charge in [0.25, 0.3) is 5.56 Å². The second-order valence-corrected chi connectivity index (χ2v) is 8.00. The third-order valence-corrected chi connectivity index (χ3v) is 5.47. The summed E-state index contributed by atoms with van der Waals surface area (Å²) in [5, 5.41) is 4.27. The molecule has 0 aliphatic rings. The lowest BCUT2D eigenvalue weighted by molar-refractivity contribution is 0.659. The van der Waals surface area contributed by atoms with E-state index in [2.05, 4.69) is 48.6 Å². The van der Waals surface area contributed by atoms with Gasteiger partial charge in [-0.15, -0.1) is 0 Å². The second-order valence-electron chi connectivity index (χ2n) is 7.09. The van der Waals surface area contributed by atoms with Gasteiger partial charge in [0.1, 0.15) is 0 Å². The number of imidazole rings is 1. The molecule has 31 heavy (non-hydrogen) atoms. The molecule has 0 spiro atoms. The van der Waals surface area contributed by atoms with Gasteiger partial charge in [-0.25, -0.2) is 10.2 Å². The molecule has 158 valence electrons. The maximum Gasteiger partial charge on any atom is 0.329 e. The van der Waals surface area contributed by atoms with Crippen molar-refractivity contribution in [1.29, 1.82) is 0 Å². The number of fused-ring (bicyclic) bond motifs is 1. The van der Waals surface area contributed by atoms with Gasteiger partial charge >= 0.3 is 5.69 Å². The Bertz CT molecular complexity index is 1340. The van der Waals surface area contributed by atoms with Crippen molar-refractivity contribution < 1.29 is 0 Å². The lowest BCUT2D eigenvalue weighted by Crippen LogP contribution is -2.29. The van der Waals surface area contributed by atoms with Gasteiger partial charge in [-0.05, 0) is 36.1 Å². The Balaban J connectivity index is 1.64. The molecule has 0 fully saturated rings. The average Bonchev–Trinajstić information content (AvgIpc) is 3.13. The van der Waals surface area contributed by atoms with Gasteiger partial charge in [-0.3, -0.25) is 14.3 Å². The Morgan fingerprint density at radius 1 is 1.13 bits per heavy atom. The van der Waals surface area contributed by atoms with Crippen molar-refractivity contribution in [2.45, 2.75) is 19.4 Å². The van der Waals surface area contributed by atoms with Gasteiger partial charge in [0.15, 0.2) is 11.2 Å². The van der Waals surface area contributed by atoms with Crippen molar-refractivity contribution in [2.75, 3.05) is 5.43 Å². The third kappa shape index (κ3) is 4.66. The number of aromatic nitrogens is 4. The number of benzene rings is 2. The quantitative estimate of drug-likeness (QED) is 0.313. The number of hydrogen-bond acceptors (Lipinski definition) is 5. The topological polar surface area (TPSA) is 97.1 Å². The molecule has 0 unspecified atom stereocenters. The molecule has 0 bridgehead atoms. The second kappa shape index (κ2) is 9.13. The summed E-state index contributed by atoms with van der Waals surface area (Å²) in [6.45, 7) is 0.544. The SMILES string of the molecule is Cn1c(=O)[nH]c(=O)c2c1nc(N/N=C\c1ccc(Br)cc1)n2CCCc1ccccc1. The summed E-state index contributed by atoms with van der Waals surface area (Å²) in [6, 6.07) is 17.8. The van der Waals surface area contributed by atoms with Crippen LogP contribution in [0.15, 0.2) is 73.8 Å². The normalized spacial score (nSPS) is 11.4. The van der Waals surface area contributed by atoms with Gasteiger partial charge in [0, 0.05) is 18.1 Å². The minimum atomic E-state index is -0.503. The first-order valence-electron chi connectivity index (χ1n) is 9.81. The van der Waals surface area contributed by atoms with Gasteiger partial charge in [-0.1, -0.05) is 58.4 Å². The summed E-state index contributed by atoms with van der Waals surface area (Å²) in [5.74, 6) is 0.406. The number of aromatic amines is 1. The van der Waals surface area contributed by atoms with E-state index in [1.165, 1.54) is 10.1 Å². The van der Waals surface area contributed by atoms with Gasteiger partial charge in [0.05, 0.1) is 6.21 Å². The van der Waals surface area contributed by atoms with Gasteiger partial charge in [0.2, 0.25) is 5.95 Å². The van der Waals surface area contributed by atoms with Crippen LogP contribution in [-0.2, 0) is 20.0 Å². The Morgan fingerprint density at radius 3 is 2.61 bits per heavy atom. The number of hydrogen-bond donors (Lipinski definition) is 2. The smallest absolute Gasteiger partial charge is 0.303 e. The predicted octanol–water partition coefficient (Wildman–Crippen LogP) is 3.26. The number of rotatable bonds is 7. The molecular formula is C22H21BrN6O2. The Labute approximate surface area is 186 Å².